The van der Waals surface area contributed by atoms with Crippen LogP contribution in [0.2, 0.25) is 0 Å². The van der Waals surface area contributed by atoms with E-state index in [0.717, 1.165) is 45.7 Å². The van der Waals surface area contributed by atoms with E-state index in [1.807, 2.05) is 4.90 Å². The van der Waals surface area contributed by atoms with Gasteiger partial charge in [0.2, 0.25) is 0 Å². The molecule has 0 spiro atoms. The highest BCUT2D eigenvalue weighted by Gasteiger charge is 2.30. The average Bonchev–Trinajstić information content (AvgIpc) is 3.11. The summed E-state index contributed by atoms with van der Waals surface area (Å²) in [5.74, 6) is 0.569. The first-order valence-corrected chi connectivity index (χ1v) is 8.60. The lowest BCUT2D eigenvalue weighted by Crippen LogP contribution is -2.49. The molecule has 3 rings (SSSR count). The fourth-order valence-corrected chi connectivity index (χ4v) is 3.35. The molecule has 7 heteroatoms. The summed E-state index contributed by atoms with van der Waals surface area (Å²) in [6, 6.07) is 7.44. The van der Waals surface area contributed by atoms with E-state index in [4.69, 9.17) is 4.74 Å². The molecule has 2 aliphatic heterocycles. The molecule has 2 aliphatic rings. The smallest absolute Gasteiger partial charge is 0.260 e. The van der Waals surface area contributed by atoms with Crippen LogP contribution in [0.5, 0.6) is 5.75 Å². The van der Waals surface area contributed by atoms with E-state index in [1.165, 1.54) is 6.92 Å². The molecular weight excluding hydrogens is 342 g/mol. The number of Topliss-reactive ketones (excluding diaryl/α,β-unsaturated/α-hetero) is 1. The third kappa shape index (κ3) is 5.17. The predicted molar refractivity (Wildman–Crippen MR) is 98.6 cm³/mol. The van der Waals surface area contributed by atoms with Crippen molar-refractivity contribution in [3.63, 3.8) is 0 Å². The van der Waals surface area contributed by atoms with Crippen molar-refractivity contribution in [2.45, 2.75) is 19.4 Å². The van der Waals surface area contributed by atoms with Gasteiger partial charge in [0.25, 0.3) is 5.91 Å². The number of rotatable bonds is 5. The lowest BCUT2D eigenvalue weighted by atomic mass is 10.1. The summed E-state index contributed by atoms with van der Waals surface area (Å²) in [5, 5.41) is 3.36. The zero-order chi connectivity index (χ0) is 16.9. The van der Waals surface area contributed by atoms with Gasteiger partial charge in [-0.2, -0.15) is 0 Å². The molecule has 2 saturated heterocycles. The molecule has 0 aromatic heterocycles. The Morgan fingerprint density at radius 2 is 2.00 bits per heavy atom. The lowest BCUT2D eigenvalue weighted by Gasteiger charge is -2.32. The number of hydrogen-bond acceptors (Lipinski definition) is 5. The minimum atomic E-state index is -0.00909. The molecule has 0 bridgehead atoms. The lowest BCUT2D eigenvalue weighted by molar-refractivity contribution is -0.132. The van der Waals surface area contributed by atoms with Gasteiger partial charge in [0, 0.05) is 50.9 Å². The molecule has 6 nitrogen and oxygen atoms in total. The number of nitrogens with one attached hydrogen (secondary N) is 1. The summed E-state index contributed by atoms with van der Waals surface area (Å²) in [5.41, 5.74) is 0.597. The van der Waals surface area contributed by atoms with Gasteiger partial charge in [-0.05, 0) is 25.5 Å². The number of benzene rings is 1. The Hall–Kier alpha value is -1.63. The average molecular weight is 368 g/mol. The van der Waals surface area contributed by atoms with Crippen molar-refractivity contribution in [1.29, 1.82) is 0 Å². The molecule has 2 fully saturated rings. The van der Waals surface area contributed by atoms with Gasteiger partial charge >= 0.3 is 0 Å². The van der Waals surface area contributed by atoms with Gasteiger partial charge in [0.05, 0.1) is 0 Å². The van der Waals surface area contributed by atoms with Gasteiger partial charge in [-0.25, -0.2) is 0 Å². The van der Waals surface area contributed by atoms with E-state index >= 15 is 0 Å². The number of likely N-dealkylation sites (tertiary alicyclic amines) is 1. The molecule has 0 radical (unpaired) electrons. The number of carbonyl (C=O) groups excluding carboxylic acids is 2. The highest BCUT2D eigenvalue weighted by molar-refractivity contribution is 5.94. The molecule has 1 N–H and O–H groups in total. The molecule has 1 unspecified atom stereocenters. The van der Waals surface area contributed by atoms with Crippen LogP contribution in [0.3, 0.4) is 0 Å². The maximum Gasteiger partial charge on any atom is 0.260 e. The molecule has 25 heavy (non-hydrogen) atoms. The minimum Gasteiger partial charge on any atom is -0.484 e. The van der Waals surface area contributed by atoms with Crippen LogP contribution in [0.15, 0.2) is 24.3 Å². The molecule has 138 valence electrons. The Morgan fingerprint density at radius 3 is 2.72 bits per heavy atom. The highest BCUT2D eigenvalue weighted by Crippen LogP contribution is 2.18. The summed E-state index contributed by atoms with van der Waals surface area (Å²) in [6.45, 7) is 7.29. The maximum atomic E-state index is 12.4. The molecule has 2 heterocycles. The van der Waals surface area contributed by atoms with Crippen molar-refractivity contribution >= 4 is 24.1 Å². The second-order valence-electron chi connectivity index (χ2n) is 6.44. The maximum absolute atomic E-state index is 12.4. The van der Waals surface area contributed by atoms with Crippen molar-refractivity contribution < 1.29 is 14.3 Å². The van der Waals surface area contributed by atoms with Crippen molar-refractivity contribution in [2.75, 3.05) is 45.9 Å². The largest absolute Gasteiger partial charge is 0.484 e. The summed E-state index contributed by atoms with van der Waals surface area (Å²) >= 11 is 0. The SMILES string of the molecule is CC(=O)c1cccc(OCC(=O)N2CCC(N3CCNCC3)C2)c1.Cl. The Kier molecular flexibility index (Phi) is 7.23. The van der Waals surface area contributed by atoms with E-state index in [1.54, 1.807) is 24.3 Å². The number of ketones is 1. The number of hydrogen-bond donors (Lipinski definition) is 1. The van der Waals surface area contributed by atoms with Crippen molar-refractivity contribution in [3.05, 3.63) is 29.8 Å². The normalized spacial score (nSPS) is 20.8. The van der Waals surface area contributed by atoms with Crippen LogP contribution in [-0.2, 0) is 4.79 Å². The first-order valence-electron chi connectivity index (χ1n) is 8.60. The third-order valence-corrected chi connectivity index (χ3v) is 4.79. The van der Waals surface area contributed by atoms with Crippen LogP contribution >= 0.6 is 12.4 Å². The molecule has 1 aromatic rings. The van der Waals surface area contributed by atoms with Crippen molar-refractivity contribution in [2.24, 2.45) is 0 Å². The quantitative estimate of drug-likeness (QED) is 0.792. The van der Waals surface area contributed by atoms with E-state index < -0.39 is 0 Å². The fraction of sp³-hybridized carbons (Fsp3) is 0.556. The van der Waals surface area contributed by atoms with Crippen LogP contribution < -0.4 is 10.1 Å². The van der Waals surface area contributed by atoms with Crippen LogP contribution in [0, 0.1) is 0 Å². The second-order valence-corrected chi connectivity index (χ2v) is 6.44. The Labute approximate surface area is 154 Å². The number of carbonyl (C=O) groups is 2. The predicted octanol–water partition coefficient (Wildman–Crippen LogP) is 1.20. The van der Waals surface area contributed by atoms with Gasteiger partial charge in [-0.3, -0.25) is 14.5 Å². The summed E-state index contributed by atoms with van der Waals surface area (Å²) in [6.07, 6.45) is 1.03. The van der Waals surface area contributed by atoms with E-state index in [-0.39, 0.29) is 30.7 Å². The molecule has 1 amide bonds. The molecule has 1 atom stereocenters. The Bertz CT molecular complexity index is 605. The number of nitrogens with zero attached hydrogens (tertiary/aromatic N) is 2. The highest BCUT2D eigenvalue weighted by atomic mass is 35.5. The molecule has 0 aliphatic carbocycles. The van der Waals surface area contributed by atoms with Crippen LogP contribution in [-0.4, -0.2) is 73.4 Å². The van der Waals surface area contributed by atoms with Crippen molar-refractivity contribution in [1.82, 2.24) is 15.1 Å². The number of amides is 1. The second kappa shape index (κ2) is 9.17. The van der Waals surface area contributed by atoms with E-state index in [2.05, 4.69) is 10.2 Å². The molecular formula is C18H26ClN3O3. The summed E-state index contributed by atoms with van der Waals surface area (Å²) in [7, 11) is 0. The monoisotopic (exact) mass is 367 g/mol. The fourth-order valence-electron chi connectivity index (χ4n) is 3.35. The summed E-state index contributed by atoms with van der Waals surface area (Å²) < 4.78 is 5.58. The summed E-state index contributed by atoms with van der Waals surface area (Å²) in [4.78, 5) is 28.1. The van der Waals surface area contributed by atoms with Gasteiger partial charge in [-0.15, -0.1) is 12.4 Å². The van der Waals surface area contributed by atoms with Gasteiger partial charge in [0.1, 0.15) is 5.75 Å². The number of halogens is 1. The third-order valence-electron chi connectivity index (χ3n) is 4.79. The minimum absolute atomic E-state index is 0. The van der Waals surface area contributed by atoms with E-state index in [9.17, 15) is 9.59 Å². The van der Waals surface area contributed by atoms with E-state index in [0.29, 0.717) is 17.4 Å². The van der Waals surface area contributed by atoms with Crippen LogP contribution in [0.1, 0.15) is 23.7 Å². The molecule has 0 saturated carbocycles. The first-order chi connectivity index (χ1) is 11.6. The van der Waals surface area contributed by atoms with Crippen molar-refractivity contribution in [3.8, 4) is 5.75 Å². The van der Waals surface area contributed by atoms with Crippen LogP contribution in [0.25, 0.3) is 0 Å². The zero-order valence-corrected chi connectivity index (χ0v) is 15.4. The number of piperazine rings is 1. The standard InChI is InChI=1S/C18H25N3O3.ClH/c1-14(22)15-3-2-4-17(11-15)24-13-18(23)21-8-5-16(12-21)20-9-6-19-7-10-20;/h2-4,11,16,19H,5-10,12-13H2,1H3;1H. The van der Waals surface area contributed by atoms with Gasteiger partial charge in [-0.1, -0.05) is 12.1 Å². The zero-order valence-electron chi connectivity index (χ0n) is 14.6. The molecule has 1 aromatic carbocycles. The van der Waals surface area contributed by atoms with Gasteiger partial charge < -0.3 is 15.0 Å². The van der Waals surface area contributed by atoms with Gasteiger partial charge in [0.15, 0.2) is 12.4 Å². The first kappa shape index (κ1) is 19.7. The van der Waals surface area contributed by atoms with Crippen LogP contribution in [0.4, 0.5) is 0 Å². The Morgan fingerprint density at radius 1 is 1.24 bits per heavy atom. The number of ether oxygens (including phenoxy) is 1. The topological polar surface area (TPSA) is 61.9 Å². The Balaban J connectivity index is 0.00000225.